The van der Waals surface area contributed by atoms with Crippen LogP contribution >= 0.6 is 34.8 Å². The highest BCUT2D eigenvalue weighted by molar-refractivity contribution is 6.63. The van der Waals surface area contributed by atoms with E-state index in [1.165, 1.54) is 0 Å². The Morgan fingerprint density at radius 3 is 1.50 bits per heavy atom. The molecule has 0 unspecified atom stereocenters. The van der Waals surface area contributed by atoms with Crippen molar-refractivity contribution in [1.82, 2.24) is 0 Å². The molecule has 0 rings (SSSR count). The minimum atomic E-state index is -1.33. The maximum Gasteiger partial charge on any atom is 0.402 e. The molecule has 0 aromatic carbocycles. The molecule has 3 N–H and O–H groups in total. The maximum atomic E-state index is 8.78. The van der Waals surface area contributed by atoms with Crippen LogP contribution in [0.5, 0.6) is 0 Å². The summed E-state index contributed by atoms with van der Waals surface area (Å²) < 4.78 is -0.750. The van der Waals surface area contributed by atoms with Gasteiger partial charge in [-0.1, -0.05) is 34.8 Å². The van der Waals surface area contributed by atoms with Gasteiger partial charge in [-0.05, 0) is 0 Å². The van der Waals surface area contributed by atoms with E-state index < -0.39 is 10.4 Å². The standard InChI is InChI=1S/CHCl3.CH3NO2/c2*2-1(3)4/h1H;2H2,(H,3,4). The fourth-order valence-electron chi connectivity index (χ4n) is 0. The molecule has 0 aromatic rings. The lowest BCUT2D eigenvalue weighted by molar-refractivity contribution is 0.205. The Morgan fingerprint density at radius 1 is 1.50 bits per heavy atom. The lowest BCUT2D eigenvalue weighted by Gasteiger charge is -1.69. The average molecular weight is 180 g/mol. The fourth-order valence-corrected chi connectivity index (χ4v) is 0. The zero-order chi connectivity index (χ0) is 7.15. The second kappa shape index (κ2) is 7.14. The normalized spacial score (nSPS) is 7.50. The van der Waals surface area contributed by atoms with Crippen LogP contribution in [0.15, 0.2) is 0 Å². The largest absolute Gasteiger partial charge is 0.465 e. The first-order valence-electron chi connectivity index (χ1n) is 1.37. The summed E-state index contributed by atoms with van der Waals surface area (Å²) >= 11 is 14.4. The Bertz CT molecular complexity index is 59.5. The molecule has 1 amide bonds. The molecule has 50 valence electrons. The Morgan fingerprint density at radius 2 is 1.50 bits per heavy atom. The number of hydrogen-bond acceptors (Lipinski definition) is 1. The molecule has 0 heterocycles. The quantitative estimate of drug-likeness (QED) is 0.556. The number of alkyl halides is 3. The number of rotatable bonds is 0. The molecule has 0 saturated carbocycles. The topological polar surface area (TPSA) is 63.3 Å². The molecule has 0 aliphatic heterocycles. The highest BCUT2D eigenvalue weighted by Gasteiger charge is 1.78. The van der Waals surface area contributed by atoms with Crippen LogP contribution in [0.1, 0.15) is 0 Å². The van der Waals surface area contributed by atoms with Crippen LogP contribution in [-0.2, 0) is 0 Å². The maximum absolute atomic E-state index is 8.78. The van der Waals surface area contributed by atoms with E-state index in [1.54, 1.807) is 0 Å². The molecule has 8 heavy (non-hydrogen) atoms. The van der Waals surface area contributed by atoms with Gasteiger partial charge in [-0.25, -0.2) is 4.79 Å². The van der Waals surface area contributed by atoms with Gasteiger partial charge in [-0.15, -0.1) is 0 Å². The summed E-state index contributed by atoms with van der Waals surface area (Å²) in [5.74, 6) is 0. The van der Waals surface area contributed by atoms with E-state index in [0.29, 0.717) is 0 Å². The number of nitrogens with two attached hydrogens (primary N) is 1. The zero-order valence-corrected chi connectivity index (χ0v) is 5.91. The summed E-state index contributed by atoms with van der Waals surface area (Å²) in [5.41, 5.74) is 4.03. The van der Waals surface area contributed by atoms with Gasteiger partial charge >= 0.3 is 6.09 Å². The Labute approximate surface area is 61.3 Å². The van der Waals surface area contributed by atoms with Crippen molar-refractivity contribution in [2.24, 2.45) is 5.73 Å². The van der Waals surface area contributed by atoms with Gasteiger partial charge in [-0.2, -0.15) is 0 Å². The molecule has 6 heteroatoms. The van der Waals surface area contributed by atoms with Gasteiger partial charge < -0.3 is 10.8 Å². The lowest BCUT2D eigenvalue weighted by Crippen LogP contribution is -2.03. The van der Waals surface area contributed by atoms with E-state index >= 15 is 0 Å². The van der Waals surface area contributed by atoms with E-state index in [0.717, 1.165) is 0 Å². The van der Waals surface area contributed by atoms with Crippen molar-refractivity contribution in [3.8, 4) is 0 Å². The summed E-state index contributed by atoms with van der Waals surface area (Å²) in [6, 6.07) is 0. The Hall–Kier alpha value is 0.140. The lowest BCUT2D eigenvalue weighted by atomic mass is 11.3. The molecular weight excluding hydrogens is 176 g/mol. The highest BCUT2D eigenvalue weighted by atomic mass is 35.6. The third kappa shape index (κ3) is 8280. The first-order chi connectivity index (χ1) is 3.46. The molecule has 0 fully saturated rings. The second-order valence-corrected chi connectivity index (χ2v) is 2.57. The van der Waals surface area contributed by atoms with Gasteiger partial charge in [0.2, 0.25) is 0 Å². The van der Waals surface area contributed by atoms with E-state index in [2.05, 4.69) is 5.73 Å². The number of carbonyl (C=O) groups is 1. The number of carboxylic acid groups (broad SMARTS) is 1. The summed E-state index contributed by atoms with van der Waals surface area (Å²) in [6.07, 6.45) is -1.33. The summed E-state index contributed by atoms with van der Waals surface area (Å²) in [5, 5.41) is 7.19. The zero-order valence-electron chi connectivity index (χ0n) is 3.64. The van der Waals surface area contributed by atoms with Gasteiger partial charge in [0.1, 0.15) is 0 Å². The molecule has 0 aliphatic rings. The Balaban J connectivity index is 0. The first-order valence-corrected chi connectivity index (χ1v) is 2.68. The van der Waals surface area contributed by atoms with Gasteiger partial charge in [0.15, 0.2) is 4.30 Å². The van der Waals surface area contributed by atoms with Crippen LogP contribution in [0.3, 0.4) is 0 Å². The van der Waals surface area contributed by atoms with Crippen molar-refractivity contribution in [2.75, 3.05) is 0 Å². The smallest absolute Gasteiger partial charge is 0.402 e. The van der Waals surface area contributed by atoms with Crippen molar-refractivity contribution in [3.05, 3.63) is 0 Å². The number of hydrogen-bond donors (Lipinski definition) is 2. The fraction of sp³-hybridized carbons (Fsp3) is 0.500. The van der Waals surface area contributed by atoms with Gasteiger partial charge in [-0.3, -0.25) is 0 Å². The molecule has 0 spiro atoms. The van der Waals surface area contributed by atoms with Crippen LogP contribution in [-0.4, -0.2) is 15.5 Å². The Kier molecular flexibility index (Phi) is 9.82. The predicted octanol–water partition coefficient (Wildman–Crippen LogP) is 1.61. The number of amides is 1. The van der Waals surface area contributed by atoms with Gasteiger partial charge in [0.05, 0.1) is 0 Å². The molecular formula is C2H4Cl3NO2. The van der Waals surface area contributed by atoms with Gasteiger partial charge in [0, 0.05) is 0 Å². The third-order valence-corrected chi connectivity index (χ3v) is 0. The van der Waals surface area contributed by atoms with E-state index in [9.17, 15) is 0 Å². The van der Waals surface area contributed by atoms with Gasteiger partial charge in [0.25, 0.3) is 0 Å². The van der Waals surface area contributed by atoms with Crippen molar-refractivity contribution in [3.63, 3.8) is 0 Å². The minimum absolute atomic E-state index is 0.750. The van der Waals surface area contributed by atoms with Crippen LogP contribution in [0.25, 0.3) is 0 Å². The first kappa shape index (κ1) is 11.0. The molecule has 0 bridgehead atoms. The van der Waals surface area contributed by atoms with Crippen molar-refractivity contribution in [1.29, 1.82) is 0 Å². The summed E-state index contributed by atoms with van der Waals surface area (Å²) in [4.78, 5) is 8.78. The van der Waals surface area contributed by atoms with E-state index in [4.69, 9.17) is 44.7 Å². The number of primary amides is 1. The summed E-state index contributed by atoms with van der Waals surface area (Å²) in [6.45, 7) is 0. The molecule has 0 aliphatic carbocycles. The predicted molar refractivity (Wildman–Crippen MR) is 33.6 cm³/mol. The van der Waals surface area contributed by atoms with Crippen molar-refractivity contribution < 1.29 is 9.90 Å². The highest BCUT2D eigenvalue weighted by Crippen LogP contribution is 2.03. The molecule has 0 aromatic heterocycles. The van der Waals surface area contributed by atoms with Crippen LogP contribution in [0.2, 0.25) is 0 Å². The van der Waals surface area contributed by atoms with Crippen molar-refractivity contribution in [2.45, 2.75) is 4.30 Å². The second-order valence-electron chi connectivity index (χ2n) is 0.586. The summed E-state index contributed by atoms with van der Waals surface area (Å²) in [7, 11) is 0. The molecule has 0 radical (unpaired) electrons. The van der Waals surface area contributed by atoms with Crippen molar-refractivity contribution >= 4 is 40.9 Å². The molecule has 0 saturated heterocycles. The molecule has 3 nitrogen and oxygen atoms in total. The monoisotopic (exact) mass is 179 g/mol. The minimum Gasteiger partial charge on any atom is -0.465 e. The molecule has 0 atom stereocenters. The number of halogens is 3. The average Bonchev–Trinajstić information content (AvgIpc) is 1.25. The van der Waals surface area contributed by atoms with Crippen LogP contribution in [0, 0.1) is 0 Å². The third-order valence-electron chi connectivity index (χ3n) is 0. The van der Waals surface area contributed by atoms with Crippen LogP contribution < -0.4 is 5.73 Å². The van der Waals surface area contributed by atoms with E-state index in [-0.39, 0.29) is 0 Å². The van der Waals surface area contributed by atoms with Crippen LogP contribution in [0.4, 0.5) is 4.79 Å². The van der Waals surface area contributed by atoms with E-state index in [1.807, 2.05) is 0 Å². The SMILES string of the molecule is ClC(Cl)Cl.NC(=O)O.